The third kappa shape index (κ3) is 2.52. The van der Waals surface area contributed by atoms with Gasteiger partial charge in [0.2, 0.25) is 0 Å². The second kappa shape index (κ2) is 4.86. The van der Waals surface area contributed by atoms with Crippen LogP contribution in [-0.4, -0.2) is 15.3 Å². The first kappa shape index (κ1) is 14.1. The molecular formula is C16H15Br2NO. The summed E-state index contributed by atoms with van der Waals surface area (Å²) in [5.74, 6) is 0. The van der Waals surface area contributed by atoms with Crippen molar-refractivity contribution in [3.63, 3.8) is 0 Å². The molecule has 0 bridgehead atoms. The van der Waals surface area contributed by atoms with Crippen molar-refractivity contribution in [3.8, 4) is 0 Å². The Morgan fingerprint density at radius 1 is 0.950 bits per heavy atom. The summed E-state index contributed by atoms with van der Waals surface area (Å²) in [6.07, 6.45) is 0. The summed E-state index contributed by atoms with van der Waals surface area (Å²) >= 11 is 7.07. The standard InChI is InChI=1S/C16H15Br2NO/c1-16(2,20)9-19-14-5-3-10(17)7-12(14)13-8-11(18)4-6-15(13)19/h3-8,20H,9H2,1-2H3. The zero-order chi connectivity index (χ0) is 14.5. The van der Waals surface area contributed by atoms with Gasteiger partial charge in [0.15, 0.2) is 0 Å². The van der Waals surface area contributed by atoms with Gasteiger partial charge in [0.1, 0.15) is 0 Å². The highest BCUT2D eigenvalue weighted by Gasteiger charge is 2.18. The highest BCUT2D eigenvalue weighted by molar-refractivity contribution is 9.10. The molecule has 0 amide bonds. The molecule has 0 aliphatic carbocycles. The molecule has 4 heteroatoms. The Balaban J connectivity index is 2.41. The molecule has 104 valence electrons. The van der Waals surface area contributed by atoms with E-state index in [1.165, 1.54) is 10.8 Å². The van der Waals surface area contributed by atoms with Crippen molar-refractivity contribution < 1.29 is 5.11 Å². The molecule has 1 N–H and O–H groups in total. The molecule has 2 aromatic carbocycles. The van der Waals surface area contributed by atoms with Crippen molar-refractivity contribution >= 4 is 53.7 Å². The molecule has 1 aromatic heterocycles. The minimum absolute atomic E-state index is 0.566. The van der Waals surface area contributed by atoms with Crippen molar-refractivity contribution in [2.45, 2.75) is 26.0 Å². The highest BCUT2D eigenvalue weighted by Crippen LogP contribution is 2.33. The van der Waals surface area contributed by atoms with Gasteiger partial charge in [-0.3, -0.25) is 0 Å². The molecule has 2 nitrogen and oxygen atoms in total. The van der Waals surface area contributed by atoms with Gasteiger partial charge in [-0.05, 0) is 50.2 Å². The smallest absolute Gasteiger partial charge is 0.0770 e. The summed E-state index contributed by atoms with van der Waals surface area (Å²) in [4.78, 5) is 0. The molecule has 0 fully saturated rings. The van der Waals surface area contributed by atoms with Crippen LogP contribution in [0.5, 0.6) is 0 Å². The van der Waals surface area contributed by atoms with Crippen LogP contribution in [0.1, 0.15) is 13.8 Å². The van der Waals surface area contributed by atoms with Crippen LogP contribution in [-0.2, 0) is 6.54 Å². The van der Waals surface area contributed by atoms with Gasteiger partial charge >= 0.3 is 0 Å². The molecule has 0 unspecified atom stereocenters. The largest absolute Gasteiger partial charge is 0.389 e. The summed E-state index contributed by atoms with van der Waals surface area (Å²) in [5, 5.41) is 12.6. The van der Waals surface area contributed by atoms with Gasteiger partial charge < -0.3 is 9.67 Å². The number of nitrogens with zero attached hydrogens (tertiary/aromatic N) is 1. The van der Waals surface area contributed by atoms with E-state index in [-0.39, 0.29) is 0 Å². The molecule has 1 heterocycles. The highest BCUT2D eigenvalue weighted by atomic mass is 79.9. The predicted octanol–water partition coefficient (Wildman–Crippen LogP) is 5.09. The Labute approximate surface area is 134 Å². The van der Waals surface area contributed by atoms with Crippen molar-refractivity contribution in [2.24, 2.45) is 0 Å². The molecule has 0 radical (unpaired) electrons. The van der Waals surface area contributed by atoms with E-state index in [9.17, 15) is 5.11 Å². The first-order valence-electron chi connectivity index (χ1n) is 6.44. The maximum atomic E-state index is 10.2. The van der Waals surface area contributed by atoms with Gasteiger partial charge in [-0.25, -0.2) is 0 Å². The van der Waals surface area contributed by atoms with Gasteiger partial charge in [0.25, 0.3) is 0 Å². The zero-order valence-electron chi connectivity index (χ0n) is 11.3. The minimum atomic E-state index is -0.751. The van der Waals surface area contributed by atoms with E-state index in [0.717, 1.165) is 20.0 Å². The van der Waals surface area contributed by atoms with Crippen molar-refractivity contribution in [2.75, 3.05) is 0 Å². The Bertz CT molecular complexity index is 740. The van der Waals surface area contributed by atoms with Crippen LogP contribution < -0.4 is 0 Å². The summed E-state index contributed by atoms with van der Waals surface area (Å²) in [5.41, 5.74) is 1.53. The van der Waals surface area contributed by atoms with Crippen LogP contribution in [0.3, 0.4) is 0 Å². The van der Waals surface area contributed by atoms with E-state index in [0.29, 0.717) is 6.54 Å². The number of hydrogen-bond donors (Lipinski definition) is 1. The molecule has 3 rings (SSSR count). The molecule has 0 aliphatic rings. The molecule has 20 heavy (non-hydrogen) atoms. The number of benzene rings is 2. The van der Waals surface area contributed by atoms with Gasteiger partial charge in [-0.1, -0.05) is 31.9 Å². The molecule has 0 saturated heterocycles. The van der Waals surface area contributed by atoms with Crippen LogP contribution >= 0.6 is 31.9 Å². The lowest BCUT2D eigenvalue weighted by Crippen LogP contribution is -2.25. The second-order valence-corrected chi connectivity index (χ2v) is 7.55. The first-order chi connectivity index (χ1) is 9.35. The second-order valence-electron chi connectivity index (χ2n) is 5.72. The van der Waals surface area contributed by atoms with E-state index in [2.05, 4.69) is 60.7 Å². The fourth-order valence-electron chi connectivity index (χ4n) is 2.61. The molecule has 0 atom stereocenters. The lowest BCUT2D eigenvalue weighted by molar-refractivity contribution is 0.0640. The SMILES string of the molecule is CC(C)(O)Cn1c2ccc(Br)cc2c2cc(Br)ccc21. The van der Waals surface area contributed by atoms with Gasteiger partial charge in [0, 0.05) is 30.8 Å². The monoisotopic (exact) mass is 395 g/mol. The number of halogens is 2. The molecular weight excluding hydrogens is 382 g/mol. The quantitative estimate of drug-likeness (QED) is 0.641. The van der Waals surface area contributed by atoms with Crippen LogP contribution in [0.15, 0.2) is 45.3 Å². The number of hydrogen-bond acceptors (Lipinski definition) is 1. The third-order valence-corrected chi connectivity index (χ3v) is 4.32. The zero-order valence-corrected chi connectivity index (χ0v) is 14.5. The fourth-order valence-corrected chi connectivity index (χ4v) is 3.33. The van der Waals surface area contributed by atoms with Crippen molar-refractivity contribution in [1.82, 2.24) is 4.57 Å². The number of fused-ring (bicyclic) bond motifs is 3. The van der Waals surface area contributed by atoms with E-state index in [4.69, 9.17) is 0 Å². The van der Waals surface area contributed by atoms with Gasteiger partial charge in [0.05, 0.1) is 12.1 Å². The minimum Gasteiger partial charge on any atom is -0.389 e. The molecule has 0 aliphatic heterocycles. The third-order valence-electron chi connectivity index (χ3n) is 3.33. The van der Waals surface area contributed by atoms with E-state index >= 15 is 0 Å². The van der Waals surface area contributed by atoms with Crippen LogP contribution in [0.25, 0.3) is 21.8 Å². The number of aromatic nitrogens is 1. The lowest BCUT2D eigenvalue weighted by Gasteiger charge is -2.19. The normalized spacial score (nSPS) is 12.4. The number of aliphatic hydroxyl groups is 1. The molecule has 0 saturated carbocycles. The Hall–Kier alpha value is -0.840. The average molecular weight is 397 g/mol. The van der Waals surface area contributed by atoms with Gasteiger partial charge in [-0.2, -0.15) is 0 Å². The van der Waals surface area contributed by atoms with E-state index in [1.54, 1.807) is 0 Å². The lowest BCUT2D eigenvalue weighted by atomic mass is 10.1. The van der Waals surface area contributed by atoms with Crippen LogP contribution in [0.4, 0.5) is 0 Å². The Morgan fingerprint density at radius 2 is 1.40 bits per heavy atom. The molecule has 0 spiro atoms. The van der Waals surface area contributed by atoms with Crippen molar-refractivity contribution in [3.05, 3.63) is 45.3 Å². The topological polar surface area (TPSA) is 25.2 Å². The Morgan fingerprint density at radius 3 is 1.80 bits per heavy atom. The maximum absolute atomic E-state index is 10.2. The summed E-state index contributed by atoms with van der Waals surface area (Å²) in [7, 11) is 0. The first-order valence-corrected chi connectivity index (χ1v) is 8.03. The maximum Gasteiger partial charge on any atom is 0.0770 e. The molecule has 3 aromatic rings. The van der Waals surface area contributed by atoms with Gasteiger partial charge in [-0.15, -0.1) is 0 Å². The summed E-state index contributed by atoms with van der Waals surface area (Å²) in [6.45, 7) is 4.24. The van der Waals surface area contributed by atoms with Crippen LogP contribution in [0, 0.1) is 0 Å². The predicted molar refractivity (Wildman–Crippen MR) is 91.1 cm³/mol. The fraction of sp³-hybridized carbons (Fsp3) is 0.250. The summed E-state index contributed by atoms with van der Waals surface area (Å²) < 4.78 is 4.31. The summed E-state index contributed by atoms with van der Waals surface area (Å²) in [6, 6.07) is 12.5. The average Bonchev–Trinajstić information content (AvgIpc) is 2.61. The number of rotatable bonds is 2. The van der Waals surface area contributed by atoms with Crippen LogP contribution in [0.2, 0.25) is 0 Å². The van der Waals surface area contributed by atoms with E-state index < -0.39 is 5.60 Å². The van der Waals surface area contributed by atoms with Crippen molar-refractivity contribution in [1.29, 1.82) is 0 Å². The van der Waals surface area contributed by atoms with E-state index in [1.807, 2.05) is 26.0 Å². The Kier molecular flexibility index (Phi) is 3.43.